The van der Waals surface area contributed by atoms with Crippen molar-refractivity contribution < 1.29 is 31.6 Å². The van der Waals surface area contributed by atoms with Crippen LogP contribution in [0.1, 0.15) is 25.0 Å². The normalized spacial score (nSPS) is 19.3. The Morgan fingerprint density at radius 3 is 2.21 bits per heavy atom. The number of H-pyrrole nitrogens is 1. The van der Waals surface area contributed by atoms with E-state index < -0.39 is 19.9 Å². The topological polar surface area (TPSA) is 160 Å². The number of amides is 3. The maximum Gasteiger partial charge on any atom is 0.250 e. The number of hydrogen-bond acceptors (Lipinski definition) is 8. The monoisotopic (exact) mass is 635 g/mol. The van der Waals surface area contributed by atoms with Gasteiger partial charge < -0.3 is 14.4 Å². The molecule has 2 aromatic rings. The summed E-state index contributed by atoms with van der Waals surface area (Å²) in [4.78, 5) is 40.6. The van der Waals surface area contributed by atoms with Crippen LogP contribution in [0.3, 0.4) is 0 Å². The highest BCUT2D eigenvalue weighted by Crippen LogP contribution is 2.40. The van der Waals surface area contributed by atoms with E-state index in [4.69, 9.17) is 8.76 Å². The SMILES string of the molecule is C=CS(=O)(=O)C=C.CCN(CC)C(=O)[C@@H]1C=C2c3cccc4[nH]cc(c34)C[C@H]2N(C)C1.O=C1C=CC(=O)N1.O=S([O-])S. The molecule has 1 aromatic carbocycles. The summed E-state index contributed by atoms with van der Waals surface area (Å²) in [6.07, 6.45) is 7.80. The van der Waals surface area contributed by atoms with Crippen molar-refractivity contribution in [3.05, 3.63) is 77.7 Å². The predicted molar refractivity (Wildman–Crippen MR) is 167 cm³/mol. The molecule has 3 heterocycles. The Morgan fingerprint density at radius 1 is 1.19 bits per heavy atom. The molecule has 2 N–H and O–H groups in total. The average Bonchev–Trinajstić information content (AvgIpc) is 3.55. The zero-order chi connectivity index (χ0) is 31.6. The van der Waals surface area contributed by atoms with Crippen LogP contribution in [0.4, 0.5) is 0 Å². The lowest BCUT2D eigenvalue weighted by atomic mass is 9.79. The number of nitrogens with zero attached hydrogens (tertiary/aromatic N) is 2. The van der Waals surface area contributed by atoms with Gasteiger partial charge in [-0.25, -0.2) is 8.42 Å². The van der Waals surface area contributed by atoms with Crippen molar-refractivity contribution in [2.45, 2.75) is 26.3 Å². The molecule has 3 atom stereocenters. The van der Waals surface area contributed by atoms with Gasteiger partial charge in [0.2, 0.25) is 5.91 Å². The lowest BCUT2D eigenvalue weighted by Crippen LogP contribution is -2.47. The Balaban J connectivity index is 0.000000280. The molecule has 2 aliphatic heterocycles. The first-order valence-electron chi connectivity index (χ1n) is 12.9. The third-order valence-corrected chi connectivity index (χ3v) is 7.69. The number of thiol groups is 1. The highest BCUT2D eigenvalue weighted by Gasteiger charge is 2.36. The van der Waals surface area contributed by atoms with E-state index in [2.05, 4.69) is 86.1 Å². The number of rotatable bonds is 5. The van der Waals surface area contributed by atoms with E-state index in [0.717, 1.165) is 36.9 Å². The second-order valence-electron chi connectivity index (χ2n) is 9.27. The van der Waals surface area contributed by atoms with Gasteiger partial charge >= 0.3 is 0 Å². The molecule has 0 radical (unpaired) electrons. The summed E-state index contributed by atoms with van der Waals surface area (Å²) in [6.45, 7) is 12.6. The predicted octanol–water partition coefficient (Wildman–Crippen LogP) is 2.50. The molecule has 3 amide bonds. The number of imide groups is 1. The van der Waals surface area contributed by atoms with Crippen molar-refractivity contribution in [3.8, 4) is 0 Å². The number of fused-ring (bicyclic) bond motifs is 2. The van der Waals surface area contributed by atoms with Gasteiger partial charge in [-0.2, -0.15) is 0 Å². The van der Waals surface area contributed by atoms with Crippen LogP contribution in [0.2, 0.25) is 0 Å². The van der Waals surface area contributed by atoms with Crippen molar-refractivity contribution in [2.24, 2.45) is 5.92 Å². The van der Waals surface area contributed by atoms with E-state index in [0.29, 0.717) is 6.04 Å². The van der Waals surface area contributed by atoms with E-state index in [1.54, 1.807) is 0 Å². The van der Waals surface area contributed by atoms with Crippen LogP contribution in [-0.4, -0.2) is 82.4 Å². The van der Waals surface area contributed by atoms with Crippen molar-refractivity contribution in [3.63, 3.8) is 0 Å². The molecule has 228 valence electrons. The zero-order valence-corrected chi connectivity index (χ0v) is 26.1. The maximum absolute atomic E-state index is 12.9. The molecule has 11 nitrogen and oxygen atoms in total. The highest BCUT2D eigenvalue weighted by atomic mass is 33.1. The molecule has 1 unspecified atom stereocenters. The maximum atomic E-state index is 12.9. The van der Waals surface area contributed by atoms with Crippen LogP contribution >= 0.6 is 11.7 Å². The first-order chi connectivity index (χ1) is 19.8. The Morgan fingerprint density at radius 2 is 1.76 bits per heavy atom. The summed E-state index contributed by atoms with van der Waals surface area (Å²) in [5.74, 6) is -0.447. The summed E-state index contributed by atoms with van der Waals surface area (Å²) in [5, 5.41) is 5.06. The van der Waals surface area contributed by atoms with Crippen molar-refractivity contribution in [2.75, 3.05) is 26.7 Å². The molecule has 0 bridgehead atoms. The van der Waals surface area contributed by atoms with E-state index in [1.807, 2.05) is 10.2 Å². The molecule has 0 spiro atoms. The second-order valence-corrected chi connectivity index (χ2v) is 12.4. The number of aromatic nitrogens is 1. The van der Waals surface area contributed by atoms with E-state index in [1.165, 1.54) is 39.8 Å². The van der Waals surface area contributed by atoms with Gasteiger partial charge in [-0.1, -0.05) is 43.0 Å². The molecule has 1 aromatic heterocycles. The number of aromatic amines is 1. The molecule has 14 heteroatoms. The molecular weight excluding hydrogens is 601 g/mol. The van der Waals surface area contributed by atoms with Crippen LogP contribution in [0.5, 0.6) is 0 Å². The number of carbonyl (C=O) groups excluding carboxylic acids is 3. The summed E-state index contributed by atoms with van der Waals surface area (Å²) >= 11 is 2.88. The first kappa shape index (κ1) is 34.9. The lowest BCUT2D eigenvalue weighted by molar-refractivity contribution is -0.134. The quantitative estimate of drug-likeness (QED) is 0.196. The smallest absolute Gasteiger partial charge is 0.250 e. The van der Waals surface area contributed by atoms with E-state index >= 15 is 0 Å². The van der Waals surface area contributed by atoms with Crippen LogP contribution in [-0.2, 0) is 40.8 Å². The molecule has 1 aliphatic carbocycles. The van der Waals surface area contributed by atoms with Gasteiger partial charge in [-0.15, -0.1) is 0 Å². The molecule has 0 saturated heterocycles. The second kappa shape index (κ2) is 15.8. The van der Waals surface area contributed by atoms with Crippen LogP contribution in [0, 0.1) is 5.92 Å². The Kier molecular flexibility index (Phi) is 13.1. The van der Waals surface area contributed by atoms with Crippen molar-refractivity contribution in [1.82, 2.24) is 20.1 Å². The average molecular weight is 636 g/mol. The largest absolute Gasteiger partial charge is 0.764 e. The summed E-state index contributed by atoms with van der Waals surface area (Å²) < 4.78 is 38.0. The van der Waals surface area contributed by atoms with Crippen LogP contribution in [0.15, 0.2) is 66.6 Å². The molecular formula is C28H35N4O7S3-. The molecule has 3 aliphatic rings. The Hall–Kier alpha value is -3.30. The summed E-state index contributed by atoms with van der Waals surface area (Å²) in [5.41, 5.74) is 5.21. The molecule has 0 fully saturated rings. The summed E-state index contributed by atoms with van der Waals surface area (Å²) in [7, 11) is -3.15. The van der Waals surface area contributed by atoms with Gasteiger partial charge in [0.15, 0.2) is 9.84 Å². The minimum Gasteiger partial charge on any atom is -0.764 e. The van der Waals surface area contributed by atoms with Crippen LogP contribution in [0.25, 0.3) is 16.5 Å². The number of hydrogen-bond donors (Lipinski definition) is 3. The number of benzene rings is 1. The van der Waals surface area contributed by atoms with Crippen molar-refractivity contribution >= 4 is 65.8 Å². The highest BCUT2D eigenvalue weighted by molar-refractivity contribution is 8.57. The number of likely N-dealkylation sites (N-methyl/N-ethyl adjacent to an activating group) is 1. The molecule has 0 saturated carbocycles. The number of nitrogens with one attached hydrogen (secondary N) is 2. The van der Waals surface area contributed by atoms with Crippen LogP contribution < -0.4 is 5.32 Å². The van der Waals surface area contributed by atoms with Gasteiger partial charge in [-0.3, -0.25) is 28.8 Å². The van der Waals surface area contributed by atoms with Gasteiger partial charge in [0.25, 0.3) is 11.8 Å². The third-order valence-electron chi connectivity index (χ3n) is 6.76. The standard InChI is InChI=1S/C20H25N3O.C4H3NO2.C4H6O2S.H2O2S2/c1-4-23(5-2)20(24)14-9-16-15-7-6-8-17-19(15)13(11-21-17)10-18(16)22(3)12-14;6-3-1-2-4(7)5-3;1-3-7(5,6)4-2;1-4(2)3/h6-9,11,14,18,21H,4-5,10,12H2,1-3H3;1-2H,(H,5,6,7);3-4H,1-2H2;(H2,1,2,3)/p-1/t14-,18-;;;/m1.../s1. The van der Waals surface area contributed by atoms with Gasteiger partial charge in [-0.05, 0) is 50.1 Å². The summed E-state index contributed by atoms with van der Waals surface area (Å²) in [6, 6.07) is 6.82. The number of sulfone groups is 1. The van der Waals surface area contributed by atoms with Gasteiger partial charge in [0, 0.05) is 75.9 Å². The number of carbonyl (C=O) groups is 3. The third kappa shape index (κ3) is 9.36. The fourth-order valence-corrected chi connectivity index (χ4v) is 4.94. The van der Waals surface area contributed by atoms with E-state index in [-0.39, 0.29) is 23.6 Å². The minimum atomic E-state index is -3.13. The van der Waals surface area contributed by atoms with Gasteiger partial charge in [0.05, 0.1) is 5.92 Å². The first-order valence-corrected chi connectivity index (χ1v) is 16.6. The zero-order valence-electron chi connectivity index (χ0n) is 23.6. The van der Waals surface area contributed by atoms with E-state index in [9.17, 15) is 22.8 Å². The molecule has 5 rings (SSSR count). The van der Waals surface area contributed by atoms with Crippen molar-refractivity contribution in [1.29, 1.82) is 0 Å². The molecule has 42 heavy (non-hydrogen) atoms. The fraction of sp³-hybridized carbons (Fsp3) is 0.321. The van der Waals surface area contributed by atoms with Gasteiger partial charge in [0.1, 0.15) is 0 Å². The fourth-order valence-electron chi connectivity index (χ4n) is 4.80. The lowest BCUT2D eigenvalue weighted by Gasteiger charge is -2.40. The Labute approximate surface area is 253 Å². The Bertz CT molecular complexity index is 1490. The minimum absolute atomic E-state index is 0.0445.